The summed E-state index contributed by atoms with van der Waals surface area (Å²) in [5.41, 5.74) is 1.22. The molecule has 3 atom stereocenters. The summed E-state index contributed by atoms with van der Waals surface area (Å²) in [6.45, 7) is 7.31. The van der Waals surface area contributed by atoms with Crippen molar-refractivity contribution < 1.29 is 0 Å². The van der Waals surface area contributed by atoms with E-state index in [9.17, 15) is 0 Å². The zero-order chi connectivity index (χ0) is 16.9. The molecule has 6 nitrogen and oxygen atoms in total. The highest BCUT2D eigenvalue weighted by Gasteiger charge is 2.37. The summed E-state index contributed by atoms with van der Waals surface area (Å²) in [7, 11) is 1.97. The summed E-state index contributed by atoms with van der Waals surface area (Å²) in [6, 6.07) is 1.07. The minimum absolute atomic E-state index is 0. The lowest BCUT2D eigenvalue weighted by Crippen LogP contribution is -2.51. The number of hydrogen-bond acceptors (Lipinski definition) is 3. The van der Waals surface area contributed by atoms with Crippen LogP contribution >= 0.6 is 24.0 Å². The fourth-order valence-electron chi connectivity index (χ4n) is 3.68. The van der Waals surface area contributed by atoms with Crippen LogP contribution in [0, 0.1) is 5.92 Å². The minimum Gasteiger partial charge on any atom is -0.367 e. The number of nitrogens with one attached hydrogen (secondary N) is 2. The SMILES string of the molecule is CCCC1CC1NC(=NCC)NC1CCCN(c2cnn(C)c2)C1.I. The standard InChI is InChI=1S/C18H32N6.HI/c1-4-7-14-10-17(14)22-18(19-5-2)21-15-8-6-9-24(12-15)16-11-20-23(3)13-16;/h11,13-15,17H,4-10,12H2,1-3H3,(H2,19,21,22);1H. The quantitative estimate of drug-likeness (QED) is 0.390. The van der Waals surface area contributed by atoms with E-state index in [-0.39, 0.29) is 24.0 Å². The fourth-order valence-corrected chi connectivity index (χ4v) is 3.68. The van der Waals surface area contributed by atoms with E-state index >= 15 is 0 Å². The lowest BCUT2D eigenvalue weighted by molar-refractivity contribution is 0.466. The van der Waals surface area contributed by atoms with Gasteiger partial charge in [0.25, 0.3) is 0 Å². The van der Waals surface area contributed by atoms with Gasteiger partial charge in [-0.3, -0.25) is 9.67 Å². The molecule has 7 heteroatoms. The largest absolute Gasteiger partial charge is 0.367 e. The van der Waals surface area contributed by atoms with E-state index in [0.29, 0.717) is 12.1 Å². The highest BCUT2D eigenvalue weighted by atomic mass is 127. The van der Waals surface area contributed by atoms with E-state index in [1.807, 2.05) is 17.9 Å². The lowest BCUT2D eigenvalue weighted by Gasteiger charge is -2.34. The maximum absolute atomic E-state index is 4.65. The maximum atomic E-state index is 4.65. The number of aryl methyl sites for hydroxylation is 1. The monoisotopic (exact) mass is 460 g/mol. The molecule has 2 fully saturated rings. The second kappa shape index (κ2) is 9.64. The first-order valence-corrected chi connectivity index (χ1v) is 9.50. The van der Waals surface area contributed by atoms with Crippen molar-refractivity contribution >= 4 is 35.6 Å². The van der Waals surface area contributed by atoms with Gasteiger partial charge in [-0.25, -0.2) is 0 Å². The molecule has 142 valence electrons. The van der Waals surface area contributed by atoms with E-state index in [1.165, 1.54) is 37.8 Å². The number of hydrogen-bond donors (Lipinski definition) is 2. The van der Waals surface area contributed by atoms with E-state index in [2.05, 4.69) is 45.7 Å². The topological polar surface area (TPSA) is 57.5 Å². The maximum Gasteiger partial charge on any atom is 0.191 e. The van der Waals surface area contributed by atoms with E-state index in [4.69, 9.17) is 0 Å². The molecule has 0 radical (unpaired) electrons. The fraction of sp³-hybridized carbons (Fsp3) is 0.778. The third-order valence-corrected chi connectivity index (χ3v) is 5.04. The molecule has 1 aromatic heterocycles. The number of aliphatic imine (C=N–C) groups is 1. The van der Waals surface area contributed by atoms with Crippen LogP contribution in [-0.4, -0.2) is 47.5 Å². The molecule has 1 saturated heterocycles. The molecule has 1 aromatic rings. The Kier molecular flexibility index (Phi) is 7.83. The van der Waals surface area contributed by atoms with Crippen molar-refractivity contribution in [2.75, 3.05) is 24.5 Å². The van der Waals surface area contributed by atoms with Crippen LogP contribution in [0.4, 0.5) is 5.69 Å². The normalized spacial score (nSPS) is 26.1. The summed E-state index contributed by atoms with van der Waals surface area (Å²) >= 11 is 0. The Hall–Kier alpha value is -0.990. The first kappa shape index (κ1) is 20.3. The van der Waals surface area contributed by atoms with Crippen LogP contribution in [0.15, 0.2) is 17.4 Å². The Morgan fingerprint density at radius 2 is 2.20 bits per heavy atom. The van der Waals surface area contributed by atoms with Crippen LogP contribution < -0.4 is 15.5 Å². The average molecular weight is 460 g/mol. The van der Waals surface area contributed by atoms with Crippen LogP contribution in [0.3, 0.4) is 0 Å². The Morgan fingerprint density at radius 1 is 1.36 bits per heavy atom. The molecule has 3 unspecified atom stereocenters. The molecule has 2 heterocycles. The minimum atomic E-state index is 0. The Labute approximate surface area is 168 Å². The number of nitrogens with zero attached hydrogens (tertiary/aromatic N) is 4. The first-order chi connectivity index (χ1) is 11.7. The third kappa shape index (κ3) is 5.76. The van der Waals surface area contributed by atoms with Crippen molar-refractivity contribution in [1.82, 2.24) is 20.4 Å². The molecule has 0 aromatic carbocycles. The second-order valence-corrected chi connectivity index (χ2v) is 7.16. The summed E-state index contributed by atoms with van der Waals surface area (Å²) in [5, 5.41) is 11.6. The predicted molar refractivity (Wildman–Crippen MR) is 115 cm³/mol. The summed E-state index contributed by atoms with van der Waals surface area (Å²) in [6.07, 6.45) is 10.4. The van der Waals surface area contributed by atoms with Gasteiger partial charge in [-0.2, -0.15) is 5.10 Å². The van der Waals surface area contributed by atoms with Crippen molar-refractivity contribution in [3.63, 3.8) is 0 Å². The van der Waals surface area contributed by atoms with Crippen LogP contribution in [0.5, 0.6) is 0 Å². The van der Waals surface area contributed by atoms with E-state index in [1.54, 1.807) is 0 Å². The molecule has 2 aliphatic rings. The molecule has 0 spiro atoms. The predicted octanol–water partition coefficient (Wildman–Crippen LogP) is 2.75. The van der Waals surface area contributed by atoms with E-state index in [0.717, 1.165) is 31.5 Å². The lowest BCUT2D eigenvalue weighted by atomic mass is 10.1. The van der Waals surface area contributed by atoms with Crippen molar-refractivity contribution in [3.05, 3.63) is 12.4 Å². The van der Waals surface area contributed by atoms with Crippen LogP contribution in [-0.2, 0) is 7.05 Å². The summed E-state index contributed by atoms with van der Waals surface area (Å²) < 4.78 is 1.87. The van der Waals surface area contributed by atoms with Gasteiger partial charge in [0.2, 0.25) is 0 Å². The zero-order valence-corrected chi connectivity index (χ0v) is 18.1. The second-order valence-electron chi connectivity index (χ2n) is 7.16. The van der Waals surface area contributed by atoms with Gasteiger partial charge in [-0.15, -0.1) is 24.0 Å². The number of halogens is 1. The highest BCUT2D eigenvalue weighted by molar-refractivity contribution is 14.0. The van der Waals surface area contributed by atoms with Gasteiger partial charge in [0, 0.05) is 45.0 Å². The molecular formula is C18H33IN6. The number of rotatable bonds is 6. The van der Waals surface area contributed by atoms with Crippen LogP contribution in [0.1, 0.15) is 46.0 Å². The third-order valence-electron chi connectivity index (χ3n) is 5.04. The van der Waals surface area contributed by atoms with Gasteiger partial charge in [-0.1, -0.05) is 13.3 Å². The molecule has 1 aliphatic heterocycles. The van der Waals surface area contributed by atoms with Crippen molar-refractivity contribution in [3.8, 4) is 0 Å². The number of aromatic nitrogens is 2. The molecule has 2 N–H and O–H groups in total. The Bertz CT molecular complexity index is 558. The van der Waals surface area contributed by atoms with Crippen molar-refractivity contribution in [2.24, 2.45) is 18.0 Å². The summed E-state index contributed by atoms with van der Waals surface area (Å²) in [5.74, 6) is 1.84. The Balaban J connectivity index is 0.00000225. The zero-order valence-electron chi connectivity index (χ0n) is 15.7. The molecule has 1 saturated carbocycles. The Morgan fingerprint density at radius 3 is 2.88 bits per heavy atom. The van der Waals surface area contributed by atoms with Crippen LogP contribution in [0.25, 0.3) is 0 Å². The van der Waals surface area contributed by atoms with Gasteiger partial charge in [-0.05, 0) is 38.5 Å². The molecule has 3 rings (SSSR count). The van der Waals surface area contributed by atoms with E-state index < -0.39 is 0 Å². The molecule has 0 amide bonds. The number of anilines is 1. The van der Waals surface area contributed by atoms with Gasteiger partial charge in [0.1, 0.15) is 0 Å². The van der Waals surface area contributed by atoms with Crippen molar-refractivity contribution in [1.29, 1.82) is 0 Å². The smallest absolute Gasteiger partial charge is 0.191 e. The average Bonchev–Trinajstić information content (AvgIpc) is 3.13. The number of guanidine groups is 1. The van der Waals surface area contributed by atoms with Crippen LogP contribution in [0.2, 0.25) is 0 Å². The number of piperidine rings is 1. The van der Waals surface area contributed by atoms with Gasteiger partial charge in [0.15, 0.2) is 5.96 Å². The first-order valence-electron chi connectivity index (χ1n) is 9.50. The summed E-state index contributed by atoms with van der Waals surface area (Å²) in [4.78, 5) is 7.08. The van der Waals surface area contributed by atoms with Crippen molar-refractivity contribution in [2.45, 2.75) is 58.0 Å². The van der Waals surface area contributed by atoms with Gasteiger partial charge < -0.3 is 15.5 Å². The molecule has 1 aliphatic carbocycles. The van der Waals surface area contributed by atoms with Gasteiger partial charge >= 0.3 is 0 Å². The molecule has 0 bridgehead atoms. The highest BCUT2D eigenvalue weighted by Crippen LogP contribution is 2.34. The molecular weight excluding hydrogens is 427 g/mol. The van der Waals surface area contributed by atoms with Gasteiger partial charge in [0.05, 0.1) is 11.9 Å². The molecule has 25 heavy (non-hydrogen) atoms.